The van der Waals surface area contributed by atoms with Crippen LogP contribution in [0.2, 0.25) is 0 Å². The smallest absolute Gasteiger partial charge is 0.284 e. The average Bonchev–Trinajstić information content (AvgIpc) is 3.26. The van der Waals surface area contributed by atoms with Crippen LogP contribution in [0.25, 0.3) is 27.1 Å². The highest BCUT2D eigenvalue weighted by molar-refractivity contribution is 7.15. The van der Waals surface area contributed by atoms with Gasteiger partial charge in [0.2, 0.25) is 0 Å². The highest BCUT2D eigenvalue weighted by Crippen LogP contribution is 2.33. The Morgan fingerprint density at radius 2 is 1.87 bits per heavy atom. The molecule has 31 heavy (non-hydrogen) atoms. The molecule has 2 aromatic carbocycles. The van der Waals surface area contributed by atoms with E-state index >= 15 is 0 Å². The zero-order valence-corrected chi connectivity index (χ0v) is 17.0. The molecular formula is C23H15N5O2S. The molecule has 3 heterocycles. The van der Waals surface area contributed by atoms with Crippen LogP contribution < -0.4 is 16.0 Å². The van der Waals surface area contributed by atoms with E-state index in [-0.39, 0.29) is 16.8 Å². The molecule has 0 bridgehead atoms. The van der Waals surface area contributed by atoms with Crippen LogP contribution in [-0.4, -0.2) is 14.4 Å². The third-order valence-electron chi connectivity index (χ3n) is 4.94. The standard InChI is InChI=1S/C23H15N5O2S/c24-12-17-18(15-6-8-16(9-7-15)30-13-14-4-2-1-3-5-14)19-21(26-20(17)25)28-10-11-31-23(28)27-22(19)29/h1-11H,13H2,(H2,25,26). The first-order valence-electron chi connectivity index (χ1n) is 9.42. The fourth-order valence-corrected chi connectivity index (χ4v) is 4.19. The molecule has 0 unspecified atom stereocenters. The van der Waals surface area contributed by atoms with E-state index in [1.165, 1.54) is 11.3 Å². The van der Waals surface area contributed by atoms with E-state index in [0.29, 0.717) is 34.1 Å². The number of ether oxygens (including phenoxy) is 1. The largest absolute Gasteiger partial charge is 0.489 e. The first-order chi connectivity index (χ1) is 15.2. The number of benzene rings is 2. The summed E-state index contributed by atoms with van der Waals surface area (Å²) in [6, 6.07) is 19.2. The van der Waals surface area contributed by atoms with Gasteiger partial charge in [-0.05, 0) is 23.3 Å². The lowest BCUT2D eigenvalue weighted by atomic mass is 9.98. The van der Waals surface area contributed by atoms with Crippen molar-refractivity contribution in [3.05, 3.63) is 87.7 Å². The Morgan fingerprint density at radius 3 is 2.61 bits per heavy atom. The Bertz CT molecular complexity index is 1520. The van der Waals surface area contributed by atoms with Gasteiger partial charge in [-0.15, -0.1) is 11.3 Å². The molecule has 0 amide bonds. The number of nitrogens with zero attached hydrogens (tertiary/aromatic N) is 4. The van der Waals surface area contributed by atoms with E-state index in [0.717, 1.165) is 5.56 Å². The van der Waals surface area contributed by atoms with Gasteiger partial charge in [-0.25, -0.2) is 4.98 Å². The third-order valence-corrected chi connectivity index (χ3v) is 5.69. The average molecular weight is 425 g/mol. The van der Waals surface area contributed by atoms with Crippen molar-refractivity contribution in [2.24, 2.45) is 0 Å². The van der Waals surface area contributed by atoms with Gasteiger partial charge in [-0.1, -0.05) is 42.5 Å². The minimum absolute atomic E-state index is 0.0694. The number of aromatic nitrogens is 3. The van der Waals surface area contributed by atoms with Crippen molar-refractivity contribution in [2.75, 3.05) is 5.73 Å². The lowest BCUT2D eigenvalue weighted by Crippen LogP contribution is -2.13. The number of anilines is 1. The van der Waals surface area contributed by atoms with Crippen molar-refractivity contribution < 1.29 is 4.74 Å². The Balaban J connectivity index is 1.62. The second-order valence-corrected chi connectivity index (χ2v) is 7.70. The van der Waals surface area contributed by atoms with Crippen LogP contribution in [0.5, 0.6) is 5.75 Å². The highest BCUT2D eigenvalue weighted by atomic mass is 32.1. The summed E-state index contributed by atoms with van der Waals surface area (Å²) in [7, 11) is 0. The lowest BCUT2D eigenvalue weighted by Gasteiger charge is -2.12. The summed E-state index contributed by atoms with van der Waals surface area (Å²) in [5, 5.41) is 11.8. The van der Waals surface area contributed by atoms with Crippen molar-refractivity contribution in [1.29, 1.82) is 5.26 Å². The molecule has 0 saturated carbocycles. The monoisotopic (exact) mass is 425 g/mol. The topological polar surface area (TPSA) is 106 Å². The number of hydrogen-bond donors (Lipinski definition) is 1. The van der Waals surface area contributed by atoms with Gasteiger partial charge >= 0.3 is 0 Å². The molecule has 3 aromatic heterocycles. The molecule has 0 atom stereocenters. The quantitative estimate of drug-likeness (QED) is 0.466. The van der Waals surface area contributed by atoms with Crippen LogP contribution in [0.1, 0.15) is 11.1 Å². The summed E-state index contributed by atoms with van der Waals surface area (Å²) in [6.07, 6.45) is 1.78. The van der Waals surface area contributed by atoms with Crippen molar-refractivity contribution in [3.63, 3.8) is 0 Å². The number of hydrogen-bond acceptors (Lipinski definition) is 7. The molecule has 5 rings (SSSR count). The highest BCUT2D eigenvalue weighted by Gasteiger charge is 2.20. The molecule has 0 spiro atoms. The summed E-state index contributed by atoms with van der Waals surface area (Å²) in [5.41, 5.74) is 8.34. The van der Waals surface area contributed by atoms with Gasteiger partial charge in [-0.2, -0.15) is 10.2 Å². The van der Waals surface area contributed by atoms with Gasteiger partial charge in [0.1, 0.15) is 29.8 Å². The van der Waals surface area contributed by atoms with E-state index in [1.54, 1.807) is 34.9 Å². The second kappa shape index (κ2) is 7.55. The summed E-state index contributed by atoms with van der Waals surface area (Å²) in [4.78, 5) is 21.9. The summed E-state index contributed by atoms with van der Waals surface area (Å²) < 4.78 is 7.55. The molecule has 5 aromatic rings. The van der Waals surface area contributed by atoms with Gasteiger partial charge in [-0.3, -0.25) is 9.20 Å². The molecule has 0 fully saturated rings. The summed E-state index contributed by atoms with van der Waals surface area (Å²) in [6.45, 7) is 0.441. The number of fused-ring (bicyclic) bond motifs is 3. The zero-order chi connectivity index (χ0) is 21.4. The second-order valence-electron chi connectivity index (χ2n) is 6.83. The molecule has 0 radical (unpaired) electrons. The molecule has 2 N–H and O–H groups in total. The predicted molar refractivity (Wildman–Crippen MR) is 120 cm³/mol. The normalized spacial score (nSPS) is 10.9. The van der Waals surface area contributed by atoms with Gasteiger partial charge in [0.05, 0.1) is 5.39 Å². The SMILES string of the molecule is N#Cc1c(N)nc2c(c1-c1ccc(OCc3ccccc3)cc1)c(=O)nc1sccn12. The van der Waals surface area contributed by atoms with E-state index in [4.69, 9.17) is 10.5 Å². The van der Waals surface area contributed by atoms with Crippen LogP contribution in [0.3, 0.4) is 0 Å². The Hall–Kier alpha value is -4.22. The number of nitrogens with two attached hydrogens (primary N) is 1. The molecule has 0 aliphatic heterocycles. The number of nitriles is 1. The Labute approximate surface area is 180 Å². The van der Waals surface area contributed by atoms with Crippen molar-refractivity contribution in [2.45, 2.75) is 6.61 Å². The van der Waals surface area contributed by atoms with Gasteiger partial charge in [0.25, 0.3) is 5.56 Å². The fraction of sp³-hybridized carbons (Fsp3) is 0.0435. The molecule has 0 aliphatic rings. The van der Waals surface area contributed by atoms with Gasteiger partial charge in [0, 0.05) is 17.1 Å². The van der Waals surface area contributed by atoms with E-state index < -0.39 is 5.56 Å². The van der Waals surface area contributed by atoms with Crippen molar-refractivity contribution in [1.82, 2.24) is 14.4 Å². The number of thiazole rings is 1. The van der Waals surface area contributed by atoms with Crippen LogP contribution in [-0.2, 0) is 6.61 Å². The molecule has 7 nitrogen and oxygen atoms in total. The van der Waals surface area contributed by atoms with E-state index in [9.17, 15) is 10.1 Å². The van der Waals surface area contributed by atoms with E-state index in [2.05, 4.69) is 16.0 Å². The molecule has 8 heteroatoms. The van der Waals surface area contributed by atoms with Gasteiger partial charge < -0.3 is 10.5 Å². The first kappa shape index (κ1) is 18.8. The van der Waals surface area contributed by atoms with Crippen LogP contribution in [0.4, 0.5) is 5.82 Å². The third kappa shape index (κ3) is 3.27. The van der Waals surface area contributed by atoms with Crippen molar-refractivity contribution >= 4 is 33.1 Å². The van der Waals surface area contributed by atoms with E-state index in [1.807, 2.05) is 35.7 Å². The zero-order valence-electron chi connectivity index (χ0n) is 16.1. The number of pyridine rings is 1. The summed E-state index contributed by atoms with van der Waals surface area (Å²) >= 11 is 1.33. The Morgan fingerprint density at radius 1 is 1.10 bits per heavy atom. The van der Waals surface area contributed by atoms with Crippen LogP contribution in [0.15, 0.2) is 71.0 Å². The Kier molecular flexibility index (Phi) is 4.58. The minimum atomic E-state index is -0.444. The minimum Gasteiger partial charge on any atom is -0.489 e. The van der Waals surface area contributed by atoms with Crippen molar-refractivity contribution in [3.8, 4) is 22.9 Å². The van der Waals surface area contributed by atoms with Crippen LogP contribution in [0, 0.1) is 11.3 Å². The predicted octanol–water partition coefficient (Wildman–Crippen LogP) is 4.00. The fourth-order valence-electron chi connectivity index (χ4n) is 3.49. The molecule has 0 saturated heterocycles. The molecule has 150 valence electrons. The maximum absolute atomic E-state index is 12.9. The van der Waals surface area contributed by atoms with Gasteiger partial charge in [0.15, 0.2) is 10.6 Å². The maximum Gasteiger partial charge on any atom is 0.284 e. The molecular weight excluding hydrogens is 410 g/mol. The maximum atomic E-state index is 12.9. The van der Waals surface area contributed by atoms with Crippen LogP contribution >= 0.6 is 11.3 Å². The first-order valence-corrected chi connectivity index (χ1v) is 10.3. The number of rotatable bonds is 4. The lowest BCUT2D eigenvalue weighted by molar-refractivity contribution is 0.306. The molecule has 0 aliphatic carbocycles. The number of nitrogen functional groups attached to an aromatic ring is 1. The summed E-state index contributed by atoms with van der Waals surface area (Å²) in [5.74, 6) is 0.743.